The van der Waals surface area contributed by atoms with E-state index in [1.165, 1.54) is 4.68 Å². The van der Waals surface area contributed by atoms with Gasteiger partial charge in [0, 0.05) is 23.7 Å². The van der Waals surface area contributed by atoms with Crippen molar-refractivity contribution in [2.45, 2.75) is 12.3 Å². The third kappa shape index (κ3) is 4.29. The molecule has 0 saturated carbocycles. The molecule has 0 saturated heterocycles. The molecule has 35 heavy (non-hydrogen) atoms. The maximum absolute atomic E-state index is 12.9. The number of nitrogens with one attached hydrogen (secondary N) is 2. The Hall–Kier alpha value is -4.72. The quantitative estimate of drug-likeness (QED) is 0.337. The zero-order valence-corrected chi connectivity index (χ0v) is 18.6. The van der Waals surface area contributed by atoms with Crippen LogP contribution in [0.1, 0.15) is 28.3 Å². The molecule has 2 heterocycles. The minimum atomic E-state index is -0.929. The van der Waals surface area contributed by atoms with Crippen LogP contribution >= 0.6 is 0 Å². The molecule has 1 atom stereocenters. The summed E-state index contributed by atoms with van der Waals surface area (Å²) in [5.41, 5.74) is 2.96. The first kappa shape index (κ1) is 22.1. The number of aromatic amines is 1. The highest BCUT2D eigenvalue weighted by atomic mass is 16.4. The molecule has 0 aliphatic carbocycles. The first-order valence-corrected chi connectivity index (χ1v) is 11.2. The number of aliphatic carboxylic acids is 1. The van der Waals surface area contributed by atoms with Crippen molar-refractivity contribution in [1.29, 1.82) is 0 Å². The molecule has 5 aromatic rings. The number of aromatic nitrogens is 3. The number of carboxylic acids is 1. The molecule has 0 fully saturated rings. The smallest absolute Gasteiger partial charge is 0.311 e. The van der Waals surface area contributed by atoms with Crippen LogP contribution in [0.15, 0.2) is 89.9 Å². The van der Waals surface area contributed by atoms with Gasteiger partial charge in [-0.25, -0.2) is 4.68 Å². The van der Waals surface area contributed by atoms with Crippen molar-refractivity contribution in [3.8, 4) is 5.69 Å². The zero-order chi connectivity index (χ0) is 24.4. The summed E-state index contributed by atoms with van der Waals surface area (Å²) in [6.07, 6.45) is 1.84. The van der Waals surface area contributed by atoms with Gasteiger partial charge in [-0.05, 0) is 42.3 Å². The lowest BCUT2D eigenvalue weighted by molar-refractivity contribution is -0.138. The number of pyridine rings is 1. The van der Waals surface area contributed by atoms with Gasteiger partial charge < -0.3 is 10.4 Å². The average molecular weight is 466 g/mol. The number of hydrogen-bond donors (Lipinski definition) is 3. The van der Waals surface area contributed by atoms with Gasteiger partial charge in [-0.15, -0.1) is 0 Å². The fourth-order valence-electron chi connectivity index (χ4n) is 4.20. The first-order chi connectivity index (χ1) is 17.0. The molecule has 0 radical (unpaired) electrons. The van der Waals surface area contributed by atoms with Crippen molar-refractivity contribution in [2.75, 3.05) is 6.54 Å². The maximum atomic E-state index is 12.9. The monoisotopic (exact) mass is 466 g/mol. The summed E-state index contributed by atoms with van der Waals surface area (Å²) in [4.78, 5) is 41.5. The molecule has 1 unspecified atom stereocenters. The highest BCUT2D eigenvalue weighted by molar-refractivity contribution is 6.02. The Morgan fingerprint density at radius 1 is 0.943 bits per heavy atom. The fourth-order valence-corrected chi connectivity index (χ4v) is 4.20. The van der Waals surface area contributed by atoms with Crippen LogP contribution in [0.2, 0.25) is 0 Å². The van der Waals surface area contributed by atoms with E-state index in [1.54, 1.807) is 54.7 Å². The summed E-state index contributed by atoms with van der Waals surface area (Å²) in [6, 6.07) is 23.2. The summed E-state index contributed by atoms with van der Waals surface area (Å²) < 4.78 is 1.43. The maximum Gasteiger partial charge on any atom is 0.311 e. The van der Waals surface area contributed by atoms with Crippen LogP contribution < -0.4 is 10.9 Å². The van der Waals surface area contributed by atoms with Gasteiger partial charge in [-0.1, -0.05) is 48.5 Å². The topological polar surface area (TPSA) is 117 Å². The second-order valence-electron chi connectivity index (χ2n) is 8.21. The highest BCUT2D eigenvalue weighted by Crippen LogP contribution is 2.21. The number of carbonyl (C=O) groups is 2. The summed E-state index contributed by atoms with van der Waals surface area (Å²) in [5, 5.41) is 16.8. The Balaban J connectivity index is 1.31. The normalized spacial score (nSPS) is 12.0. The minimum absolute atomic E-state index is 0.216. The third-order valence-corrected chi connectivity index (χ3v) is 6.04. The number of fused-ring (bicyclic) bond motifs is 3. The number of para-hydroxylation sites is 1. The van der Waals surface area contributed by atoms with E-state index in [0.717, 1.165) is 10.9 Å². The van der Waals surface area contributed by atoms with Gasteiger partial charge in [0.05, 0.1) is 28.0 Å². The number of carbonyl (C=O) groups excluding carboxylic acids is 1. The summed E-state index contributed by atoms with van der Waals surface area (Å²) >= 11 is 0. The van der Waals surface area contributed by atoms with Crippen molar-refractivity contribution in [3.05, 3.63) is 107 Å². The number of benzene rings is 3. The molecule has 0 aliphatic heterocycles. The van der Waals surface area contributed by atoms with E-state index in [0.29, 0.717) is 27.7 Å². The van der Waals surface area contributed by atoms with Gasteiger partial charge in [-0.2, -0.15) is 0 Å². The Morgan fingerprint density at radius 2 is 1.66 bits per heavy atom. The van der Waals surface area contributed by atoms with E-state index >= 15 is 0 Å². The van der Waals surface area contributed by atoms with Gasteiger partial charge in [0.15, 0.2) is 0 Å². The summed E-state index contributed by atoms with van der Waals surface area (Å²) in [5.74, 6) is -1.94. The van der Waals surface area contributed by atoms with Crippen molar-refractivity contribution in [2.24, 2.45) is 0 Å². The molecular weight excluding hydrogens is 444 g/mol. The van der Waals surface area contributed by atoms with E-state index in [1.807, 2.05) is 30.3 Å². The van der Waals surface area contributed by atoms with Crippen LogP contribution in [0.5, 0.6) is 0 Å². The largest absolute Gasteiger partial charge is 0.481 e. The zero-order valence-electron chi connectivity index (χ0n) is 18.6. The molecule has 8 nitrogen and oxygen atoms in total. The van der Waals surface area contributed by atoms with E-state index in [-0.39, 0.29) is 24.4 Å². The number of amides is 1. The molecule has 0 aliphatic rings. The number of carboxylic acid groups (broad SMARTS) is 1. The van der Waals surface area contributed by atoms with Gasteiger partial charge >= 0.3 is 5.97 Å². The predicted octanol–water partition coefficient (Wildman–Crippen LogP) is 3.86. The lowest BCUT2D eigenvalue weighted by atomic mass is 9.96. The second kappa shape index (κ2) is 9.26. The van der Waals surface area contributed by atoms with Crippen LogP contribution in [0.25, 0.3) is 27.5 Å². The van der Waals surface area contributed by atoms with Crippen LogP contribution in [-0.4, -0.2) is 38.3 Å². The van der Waals surface area contributed by atoms with Crippen molar-refractivity contribution in [1.82, 2.24) is 20.1 Å². The van der Waals surface area contributed by atoms with Gasteiger partial charge in [0.25, 0.3) is 11.5 Å². The van der Waals surface area contributed by atoms with E-state index < -0.39 is 11.9 Å². The van der Waals surface area contributed by atoms with Crippen molar-refractivity contribution >= 4 is 33.7 Å². The highest BCUT2D eigenvalue weighted by Gasteiger charge is 2.19. The molecular formula is C27H22N4O4. The number of hydrogen-bond acceptors (Lipinski definition) is 4. The predicted molar refractivity (Wildman–Crippen MR) is 133 cm³/mol. The molecule has 1 amide bonds. The lowest BCUT2D eigenvalue weighted by Crippen LogP contribution is -2.27. The standard InChI is InChI=1S/C27H22N4O4/c32-25(28-15-14-20(27(34)35)17-6-2-1-3-7-17)18-10-12-19(13-11-18)31-26(33)22-16-29-23-9-5-4-8-21(23)24(22)30-31/h1-13,16,20,30H,14-15H2,(H,28,32)(H,34,35). The SMILES string of the molecule is O=C(NCCC(C(=O)O)c1ccccc1)c1ccc(-n2[nH]c3c(cnc4ccccc43)c2=O)cc1. The van der Waals surface area contributed by atoms with Crippen LogP contribution in [0.3, 0.4) is 0 Å². The molecule has 3 N–H and O–H groups in total. The molecule has 174 valence electrons. The molecule has 0 spiro atoms. The summed E-state index contributed by atoms with van der Waals surface area (Å²) in [6.45, 7) is 0.216. The fraction of sp³-hybridized carbons (Fsp3) is 0.111. The van der Waals surface area contributed by atoms with E-state index in [2.05, 4.69) is 15.4 Å². The number of rotatable bonds is 7. The first-order valence-electron chi connectivity index (χ1n) is 11.2. The van der Waals surface area contributed by atoms with Crippen LogP contribution in [0, 0.1) is 0 Å². The van der Waals surface area contributed by atoms with Gasteiger partial charge in [0.2, 0.25) is 0 Å². The Labute approximate surface area is 199 Å². The molecule has 5 rings (SSSR count). The Bertz CT molecular complexity index is 1590. The number of nitrogens with zero attached hydrogens (tertiary/aromatic N) is 2. The molecule has 2 aromatic heterocycles. The summed E-state index contributed by atoms with van der Waals surface area (Å²) in [7, 11) is 0. The number of H-pyrrole nitrogens is 1. The lowest BCUT2D eigenvalue weighted by Gasteiger charge is -2.13. The van der Waals surface area contributed by atoms with Gasteiger partial charge in [0.1, 0.15) is 0 Å². The van der Waals surface area contributed by atoms with Gasteiger partial charge in [-0.3, -0.25) is 24.5 Å². The van der Waals surface area contributed by atoms with E-state index in [9.17, 15) is 19.5 Å². The minimum Gasteiger partial charge on any atom is -0.481 e. The van der Waals surface area contributed by atoms with Crippen LogP contribution in [-0.2, 0) is 4.79 Å². The van der Waals surface area contributed by atoms with E-state index in [4.69, 9.17) is 0 Å². The molecule has 0 bridgehead atoms. The van der Waals surface area contributed by atoms with Crippen molar-refractivity contribution in [3.63, 3.8) is 0 Å². The average Bonchev–Trinajstić information content (AvgIpc) is 3.23. The second-order valence-corrected chi connectivity index (χ2v) is 8.21. The van der Waals surface area contributed by atoms with Crippen LogP contribution in [0.4, 0.5) is 0 Å². The van der Waals surface area contributed by atoms with Crippen molar-refractivity contribution < 1.29 is 14.7 Å². The Kier molecular flexibility index (Phi) is 5.85. The third-order valence-electron chi connectivity index (χ3n) is 6.04. The molecule has 3 aromatic carbocycles. The Morgan fingerprint density at radius 3 is 2.40 bits per heavy atom. The molecule has 8 heteroatoms.